The standard InChI is InChI=1S/C14H18N2S2/c1-9-6-10(2)16-13(7-9)18-14(11(3)15)12-4-5-17-8-12/h4-8,11,14H,15H2,1-3H3. The molecule has 2 aromatic heterocycles. The van der Waals surface area contributed by atoms with Gasteiger partial charge in [-0.2, -0.15) is 11.3 Å². The van der Waals surface area contributed by atoms with Gasteiger partial charge in [-0.15, -0.1) is 0 Å². The average molecular weight is 278 g/mol. The lowest BCUT2D eigenvalue weighted by atomic mass is 10.1. The molecule has 0 aliphatic carbocycles. The van der Waals surface area contributed by atoms with Crippen LogP contribution in [0.2, 0.25) is 0 Å². The van der Waals surface area contributed by atoms with Crippen LogP contribution in [0.1, 0.15) is 29.0 Å². The van der Waals surface area contributed by atoms with Crippen molar-refractivity contribution in [3.63, 3.8) is 0 Å². The number of aromatic nitrogens is 1. The Bertz CT molecular complexity index is 486. The first kappa shape index (κ1) is 13.6. The average Bonchev–Trinajstić information content (AvgIpc) is 2.77. The summed E-state index contributed by atoms with van der Waals surface area (Å²) in [6.45, 7) is 6.19. The molecular formula is C14H18N2S2. The highest BCUT2D eigenvalue weighted by Gasteiger charge is 2.19. The summed E-state index contributed by atoms with van der Waals surface area (Å²) in [4.78, 5) is 4.58. The van der Waals surface area contributed by atoms with Crippen molar-refractivity contribution in [1.29, 1.82) is 0 Å². The van der Waals surface area contributed by atoms with Crippen molar-refractivity contribution in [3.05, 3.63) is 45.8 Å². The molecule has 0 saturated carbocycles. The number of thiophene rings is 1. The maximum atomic E-state index is 6.11. The van der Waals surface area contributed by atoms with Crippen LogP contribution in [-0.2, 0) is 0 Å². The van der Waals surface area contributed by atoms with Crippen molar-refractivity contribution in [2.75, 3.05) is 0 Å². The van der Waals surface area contributed by atoms with Crippen LogP contribution in [0.25, 0.3) is 0 Å². The van der Waals surface area contributed by atoms with Gasteiger partial charge in [-0.05, 0) is 60.9 Å². The van der Waals surface area contributed by atoms with E-state index >= 15 is 0 Å². The molecule has 0 saturated heterocycles. The molecule has 0 aliphatic rings. The summed E-state index contributed by atoms with van der Waals surface area (Å²) >= 11 is 3.47. The van der Waals surface area contributed by atoms with E-state index in [0.29, 0.717) is 0 Å². The molecule has 0 spiro atoms. The van der Waals surface area contributed by atoms with E-state index in [2.05, 4.69) is 47.8 Å². The fourth-order valence-corrected chi connectivity index (χ4v) is 3.90. The highest BCUT2D eigenvalue weighted by Crippen LogP contribution is 2.37. The van der Waals surface area contributed by atoms with E-state index in [1.54, 1.807) is 23.1 Å². The lowest BCUT2D eigenvalue weighted by Crippen LogP contribution is -2.22. The lowest BCUT2D eigenvalue weighted by molar-refractivity contribution is 0.721. The highest BCUT2D eigenvalue weighted by molar-refractivity contribution is 7.99. The Balaban J connectivity index is 2.24. The SMILES string of the molecule is Cc1cc(C)nc(SC(c2ccsc2)C(C)N)c1. The number of hydrogen-bond acceptors (Lipinski definition) is 4. The first-order valence-electron chi connectivity index (χ1n) is 5.96. The predicted molar refractivity (Wildman–Crippen MR) is 80.3 cm³/mol. The molecule has 0 bridgehead atoms. The smallest absolute Gasteiger partial charge is 0.0972 e. The molecule has 0 amide bonds. The topological polar surface area (TPSA) is 38.9 Å². The summed E-state index contributed by atoms with van der Waals surface area (Å²) in [6, 6.07) is 6.47. The lowest BCUT2D eigenvalue weighted by Gasteiger charge is -2.19. The Morgan fingerprint density at radius 1 is 1.33 bits per heavy atom. The summed E-state index contributed by atoms with van der Waals surface area (Å²) < 4.78 is 0. The minimum Gasteiger partial charge on any atom is -0.327 e. The predicted octanol–water partition coefficient (Wildman–Crippen LogP) is 3.94. The molecule has 96 valence electrons. The fraction of sp³-hybridized carbons (Fsp3) is 0.357. The van der Waals surface area contributed by atoms with Crippen molar-refractivity contribution >= 4 is 23.1 Å². The summed E-state index contributed by atoms with van der Waals surface area (Å²) in [6.07, 6.45) is 0. The third-order valence-electron chi connectivity index (χ3n) is 2.67. The number of thioether (sulfide) groups is 1. The molecule has 0 aliphatic heterocycles. The fourth-order valence-electron chi connectivity index (χ4n) is 1.91. The molecule has 2 rings (SSSR count). The van der Waals surface area contributed by atoms with Gasteiger partial charge >= 0.3 is 0 Å². The third kappa shape index (κ3) is 3.34. The Kier molecular flexibility index (Phi) is 4.43. The Morgan fingerprint density at radius 2 is 2.11 bits per heavy atom. The Labute approximate surface area is 117 Å². The van der Waals surface area contributed by atoms with Crippen LogP contribution in [0, 0.1) is 13.8 Å². The van der Waals surface area contributed by atoms with E-state index < -0.39 is 0 Å². The molecule has 2 N–H and O–H groups in total. The van der Waals surface area contributed by atoms with Crippen molar-refractivity contribution in [2.45, 2.75) is 37.1 Å². The van der Waals surface area contributed by atoms with Crippen LogP contribution in [0.5, 0.6) is 0 Å². The van der Waals surface area contributed by atoms with Crippen LogP contribution in [0.15, 0.2) is 34.0 Å². The van der Waals surface area contributed by atoms with Gasteiger partial charge in [0, 0.05) is 11.7 Å². The van der Waals surface area contributed by atoms with E-state index in [-0.39, 0.29) is 11.3 Å². The van der Waals surface area contributed by atoms with Gasteiger partial charge in [0.2, 0.25) is 0 Å². The van der Waals surface area contributed by atoms with Crippen molar-refractivity contribution in [1.82, 2.24) is 4.98 Å². The maximum absolute atomic E-state index is 6.11. The normalized spacial score (nSPS) is 14.4. The van der Waals surface area contributed by atoms with E-state index in [0.717, 1.165) is 10.7 Å². The van der Waals surface area contributed by atoms with Crippen molar-refractivity contribution < 1.29 is 0 Å². The van der Waals surface area contributed by atoms with Crippen LogP contribution in [0.3, 0.4) is 0 Å². The van der Waals surface area contributed by atoms with Gasteiger partial charge in [0.05, 0.1) is 10.3 Å². The molecule has 2 unspecified atom stereocenters. The van der Waals surface area contributed by atoms with Gasteiger partial charge in [0.25, 0.3) is 0 Å². The van der Waals surface area contributed by atoms with E-state index in [4.69, 9.17) is 5.73 Å². The van der Waals surface area contributed by atoms with Crippen LogP contribution in [-0.4, -0.2) is 11.0 Å². The van der Waals surface area contributed by atoms with Crippen molar-refractivity contribution in [2.24, 2.45) is 5.73 Å². The number of nitrogens with two attached hydrogens (primary N) is 1. The van der Waals surface area contributed by atoms with E-state index in [1.807, 2.05) is 6.92 Å². The zero-order valence-corrected chi connectivity index (χ0v) is 12.5. The number of rotatable bonds is 4. The summed E-state index contributed by atoms with van der Waals surface area (Å²) in [5, 5.41) is 5.59. The van der Waals surface area contributed by atoms with E-state index in [1.165, 1.54) is 11.1 Å². The molecule has 2 heterocycles. The summed E-state index contributed by atoms with van der Waals surface area (Å²) in [7, 11) is 0. The molecule has 0 fully saturated rings. The highest BCUT2D eigenvalue weighted by atomic mass is 32.2. The van der Waals surface area contributed by atoms with Crippen LogP contribution >= 0.6 is 23.1 Å². The van der Waals surface area contributed by atoms with Gasteiger partial charge in [0.15, 0.2) is 0 Å². The van der Waals surface area contributed by atoms with Gasteiger partial charge in [0.1, 0.15) is 0 Å². The second-order valence-corrected chi connectivity index (χ2v) is 6.52. The van der Waals surface area contributed by atoms with Crippen LogP contribution in [0.4, 0.5) is 0 Å². The molecular weight excluding hydrogens is 260 g/mol. The molecule has 0 radical (unpaired) electrons. The van der Waals surface area contributed by atoms with Crippen molar-refractivity contribution in [3.8, 4) is 0 Å². The minimum absolute atomic E-state index is 0.104. The van der Waals surface area contributed by atoms with Gasteiger partial charge in [-0.3, -0.25) is 0 Å². The maximum Gasteiger partial charge on any atom is 0.0972 e. The Hall–Kier alpha value is -0.840. The van der Waals surface area contributed by atoms with Gasteiger partial charge in [-0.1, -0.05) is 11.8 Å². The van der Waals surface area contributed by atoms with Gasteiger partial charge < -0.3 is 5.73 Å². The molecule has 2 atom stereocenters. The summed E-state index contributed by atoms with van der Waals surface area (Å²) in [5.74, 6) is 0. The summed E-state index contributed by atoms with van der Waals surface area (Å²) in [5.41, 5.74) is 9.71. The number of nitrogens with zero attached hydrogens (tertiary/aromatic N) is 1. The Morgan fingerprint density at radius 3 is 2.67 bits per heavy atom. The zero-order chi connectivity index (χ0) is 13.1. The van der Waals surface area contributed by atoms with E-state index in [9.17, 15) is 0 Å². The zero-order valence-electron chi connectivity index (χ0n) is 10.9. The molecule has 18 heavy (non-hydrogen) atoms. The van der Waals surface area contributed by atoms with Crippen LogP contribution < -0.4 is 5.73 Å². The molecule has 2 nitrogen and oxygen atoms in total. The third-order valence-corrected chi connectivity index (χ3v) is 4.78. The number of hydrogen-bond donors (Lipinski definition) is 1. The molecule has 0 aromatic carbocycles. The quantitative estimate of drug-likeness (QED) is 0.861. The second-order valence-electron chi connectivity index (χ2n) is 4.58. The monoisotopic (exact) mass is 278 g/mol. The van der Waals surface area contributed by atoms with Gasteiger partial charge in [-0.25, -0.2) is 4.98 Å². The largest absolute Gasteiger partial charge is 0.327 e. The molecule has 2 aromatic rings. The number of aryl methyl sites for hydroxylation is 2. The number of pyridine rings is 1. The first-order valence-corrected chi connectivity index (χ1v) is 7.78. The minimum atomic E-state index is 0.104. The second kappa shape index (κ2) is 5.87. The first-order chi connectivity index (χ1) is 8.56. The molecule has 4 heteroatoms.